The van der Waals surface area contributed by atoms with Crippen LogP contribution in [0.25, 0.3) is 0 Å². The van der Waals surface area contributed by atoms with Gasteiger partial charge in [-0.05, 0) is 18.4 Å². The summed E-state index contributed by atoms with van der Waals surface area (Å²) in [4.78, 5) is 0. The minimum atomic E-state index is -0.545. The van der Waals surface area contributed by atoms with E-state index in [1.54, 1.807) is 11.8 Å². The summed E-state index contributed by atoms with van der Waals surface area (Å²) in [6, 6.07) is 3.89. The van der Waals surface area contributed by atoms with Crippen LogP contribution in [0.2, 0.25) is 0 Å². The Morgan fingerprint density at radius 1 is 1.67 bits per heavy atom. The zero-order valence-corrected chi connectivity index (χ0v) is 8.14. The van der Waals surface area contributed by atoms with E-state index in [0.29, 0.717) is 0 Å². The molecule has 1 rings (SSSR count). The van der Waals surface area contributed by atoms with Gasteiger partial charge in [0.2, 0.25) is 0 Å². The molecule has 12 heavy (non-hydrogen) atoms. The van der Waals surface area contributed by atoms with Crippen LogP contribution in [-0.2, 0) is 7.05 Å². The normalized spacial score (nSPS) is 13.3. The second kappa shape index (κ2) is 3.98. The Morgan fingerprint density at radius 2 is 2.33 bits per heavy atom. The lowest BCUT2D eigenvalue weighted by Crippen LogP contribution is -2.14. The number of nitrogens with two attached hydrogens (primary N) is 1. The molecule has 1 heterocycles. The summed E-state index contributed by atoms with van der Waals surface area (Å²) in [5.41, 5.74) is 6.23. The fraction of sp³-hybridized carbons (Fsp3) is 0.500. The fourth-order valence-electron chi connectivity index (χ4n) is 1.17. The van der Waals surface area contributed by atoms with Crippen LogP contribution in [0.5, 0.6) is 0 Å². The Bertz CT molecular complexity index is 260. The molecule has 1 aromatic heterocycles. The van der Waals surface area contributed by atoms with Gasteiger partial charge in [0, 0.05) is 19.3 Å². The zero-order valence-electron chi connectivity index (χ0n) is 7.32. The lowest BCUT2D eigenvalue weighted by atomic mass is 10.2. The highest BCUT2D eigenvalue weighted by atomic mass is 32.2. The van der Waals surface area contributed by atoms with Gasteiger partial charge in [0.15, 0.2) is 0 Å². The minimum Gasteiger partial charge on any atom is -0.386 e. The molecule has 0 bridgehead atoms. The summed E-state index contributed by atoms with van der Waals surface area (Å²) < 4.78 is 1.96. The topological polar surface area (TPSA) is 51.2 Å². The minimum absolute atomic E-state index is 0.270. The number of nitrogens with zero attached hydrogens (tertiary/aromatic N) is 1. The summed E-state index contributed by atoms with van der Waals surface area (Å²) >= 11 is 1.66. The molecule has 0 amide bonds. The lowest BCUT2D eigenvalue weighted by Gasteiger charge is -2.10. The third kappa shape index (κ3) is 1.65. The van der Waals surface area contributed by atoms with Crippen molar-refractivity contribution in [3.05, 3.63) is 17.8 Å². The molecule has 0 aliphatic rings. The summed E-state index contributed by atoms with van der Waals surface area (Å²) in [6.07, 6.45) is 1.46. The van der Waals surface area contributed by atoms with E-state index in [2.05, 4.69) is 0 Å². The van der Waals surface area contributed by atoms with Gasteiger partial charge in [0.05, 0.1) is 5.03 Å². The Balaban J connectivity index is 2.93. The quantitative estimate of drug-likeness (QED) is 0.685. The van der Waals surface area contributed by atoms with Crippen LogP contribution in [0.15, 0.2) is 17.2 Å². The summed E-state index contributed by atoms with van der Waals surface area (Å²) in [5, 5.41) is 10.6. The third-order valence-electron chi connectivity index (χ3n) is 1.89. The highest BCUT2D eigenvalue weighted by molar-refractivity contribution is 7.98. The van der Waals surface area contributed by atoms with E-state index >= 15 is 0 Å². The largest absolute Gasteiger partial charge is 0.386 e. The smallest absolute Gasteiger partial charge is 0.106 e. The molecule has 0 aliphatic heterocycles. The predicted molar refractivity (Wildman–Crippen MR) is 51.2 cm³/mol. The van der Waals surface area contributed by atoms with Crippen molar-refractivity contribution in [1.82, 2.24) is 4.57 Å². The molecule has 0 spiro atoms. The fourth-order valence-corrected chi connectivity index (χ4v) is 1.75. The van der Waals surface area contributed by atoms with Crippen molar-refractivity contribution >= 4 is 11.8 Å². The van der Waals surface area contributed by atoms with Crippen molar-refractivity contribution in [1.29, 1.82) is 0 Å². The first-order valence-electron chi connectivity index (χ1n) is 3.78. The van der Waals surface area contributed by atoms with Gasteiger partial charge in [-0.15, -0.1) is 11.8 Å². The average Bonchev–Trinajstić information content (AvgIpc) is 2.45. The third-order valence-corrected chi connectivity index (χ3v) is 2.72. The first-order valence-corrected chi connectivity index (χ1v) is 5.01. The standard InChI is InChI=1S/C8H14N2OS/c1-10-6(7(11)5-9)3-4-8(10)12-2/h3-4,7,11H,5,9H2,1-2H3. The van der Waals surface area contributed by atoms with E-state index in [4.69, 9.17) is 5.73 Å². The van der Waals surface area contributed by atoms with Crippen LogP contribution in [0, 0.1) is 0 Å². The van der Waals surface area contributed by atoms with Gasteiger partial charge in [-0.1, -0.05) is 0 Å². The van der Waals surface area contributed by atoms with Crippen LogP contribution in [-0.4, -0.2) is 22.5 Å². The van der Waals surface area contributed by atoms with E-state index in [-0.39, 0.29) is 6.54 Å². The molecule has 0 saturated carbocycles. The van der Waals surface area contributed by atoms with Crippen LogP contribution in [0.3, 0.4) is 0 Å². The van der Waals surface area contributed by atoms with Crippen LogP contribution >= 0.6 is 11.8 Å². The Hall–Kier alpha value is -0.450. The van der Waals surface area contributed by atoms with E-state index in [1.807, 2.05) is 30.0 Å². The predicted octanol–water partition coefficient (Wildman–Crippen LogP) is 0.739. The van der Waals surface area contributed by atoms with Crippen molar-refractivity contribution in [3.63, 3.8) is 0 Å². The van der Waals surface area contributed by atoms with Crippen molar-refractivity contribution in [3.8, 4) is 0 Å². The molecule has 1 atom stereocenters. The van der Waals surface area contributed by atoms with E-state index < -0.39 is 6.10 Å². The number of aliphatic hydroxyl groups excluding tert-OH is 1. The van der Waals surface area contributed by atoms with Gasteiger partial charge in [-0.2, -0.15) is 0 Å². The summed E-state index contributed by atoms with van der Waals surface area (Å²) in [7, 11) is 1.93. The van der Waals surface area contributed by atoms with Gasteiger partial charge in [-0.3, -0.25) is 0 Å². The molecule has 3 N–H and O–H groups in total. The average molecular weight is 186 g/mol. The first kappa shape index (κ1) is 9.64. The maximum atomic E-state index is 9.46. The van der Waals surface area contributed by atoms with Crippen LogP contribution in [0.1, 0.15) is 11.8 Å². The van der Waals surface area contributed by atoms with E-state index in [9.17, 15) is 5.11 Å². The van der Waals surface area contributed by atoms with Gasteiger partial charge >= 0.3 is 0 Å². The molecule has 0 aliphatic carbocycles. The number of rotatable bonds is 3. The number of thioether (sulfide) groups is 1. The molecule has 0 saturated heterocycles. The monoisotopic (exact) mass is 186 g/mol. The maximum Gasteiger partial charge on any atom is 0.106 e. The first-order chi connectivity index (χ1) is 5.70. The molecule has 0 radical (unpaired) electrons. The molecule has 1 aromatic rings. The lowest BCUT2D eigenvalue weighted by molar-refractivity contribution is 0.177. The molecule has 0 aromatic carbocycles. The highest BCUT2D eigenvalue weighted by Gasteiger charge is 2.10. The summed E-state index contributed by atoms with van der Waals surface area (Å²) in [6.45, 7) is 0.270. The zero-order chi connectivity index (χ0) is 9.14. The molecule has 0 fully saturated rings. The molecule has 4 heteroatoms. The maximum absolute atomic E-state index is 9.46. The number of aliphatic hydroxyl groups is 1. The van der Waals surface area contributed by atoms with Crippen molar-refractivity contribution in [2.45, 2.75) is 11.1 Å². The van der Waals surface area contributed by atoms with Gasteiger partial charge in [0.25, 0.3) is 0 Å². The van der Waals surface area contributed by atoms with Crippen LogP contribution < -0.4 is 5.73 Å². The summed E-state index contributed by atoms with van der Waals surface area (Å²) in [5.74, 6) is 0. The Labute approximate surface area is 76.6 Å². The van der Waals surface area contributed by atoms with E-state index in [1.165, 1.54) is 0 Å². The molecular weight excluding hydrogens is 172 g/mol. The van der Waals surface area contributed by atoms with Crippen molar-refractivity contribution < 1.29 is 5.11 Å². The number of hydrogen-bond acceptors (Lipinski definition) is 3. The second-order valence-electron chi connectivity index (χ2n) is 2.61. The number of hydrogen-bond donors (Lipinski definition) is 2. The number of aromatic nitrogens is 1. The molecular formula is C8H14N2OS. The van der Waals surface area contributed by atoms with Crippen molar-refractivity contribution in [2.24, 2.45) is 12.8 Å². The molecule has 3 nitrogen and oxygen atoms in total. The Kier molecular flexibility index (Phi) is 3.20. The van der Waals surface area contributed by atoms with Crippen LogP contribution in [0.4, 0.5) is 0 Å². The van der Waals surface area contributed by atoms with Crippen molar-refractivity contribution in [2.75, 3.05) is 12.8 Å². The van der Waals surface area contributed by atoms with Gasteiger partial charge in [-0.25, -0.2) is 0 Å². The molecule has 1 unspecified atom stereocenters. The SMILES string of the molecule is CSc1ccc(C(O)CN)n1C. The van der Waals surface area contributed by atoms with Gasteiger partial charge in [0.1, 0.15) is 6.10 Å². The Morgan fingerprint density at radius 3 is 2.75 bits per heavy atom. The van der Waals surface area contributed by atoms with E-state index in [0.717, 1.165) is 10.7 Å². The molecule has 68 valence electrons. The van der Waals surface area contributed by atoms with Gasteiger partial charge < -0.3 is 15.4 Å². The second-order valence-corrected chi connectivity index (χ2v) is 3.44. The highest BCUT2D eigenvalue weighted by Crippen LogP contribution is 2.21.